The monoisotopic (exact) mass is 250 g/mol. The Hall–Kier alpha value is -2.22. The van der Waals surface area contributed by atoms with Crippen molar-refractivity contribution in [2.45, 2.75) is 20.8 Å². The van der Waals surface area contributed by atoms with E-state index in [2.05, 4.69) is 73.6 Å². The van der Waals surface area contributed by atoms with Crippen LogP contribution in [0.2, 0.25) is 0 Å². The van der Waals surface area contributed by atoms with E-state index in [1.165, 1.54) is 28.0 Å². The molecular weight excluding hydrogens is 232 g/mol. The molecule has 2 nitrogen and oxygen atoms in total. The number of nitrogens with zero attached hydrogens (tertiary/aromatic N) is 1. The molecular formula is C17H18N2. The van der Waals surface area contributed by atoms with E-state index in [4.69, 9.17) is 0 Å². The first-order chi connectivity index (χ1) is 9.16. The molecule has 3 rings (SSSR count). The molecule has 0 saturated heterocycles. The van der Waals surface area contributed by atoms with Gasteiger partial charge in [-0.05, 0) is 31.9 Å². The third kappa shape index (κ3) is 1.99. The maximum atomic E-state index is 3.34. The second-order valence-corrected chi connectivity index (χ2v) is 5.10. The lowest BCUT2D eigenvalue weighted by Crippen LogP contribution is -2.20. The van der Waals surface area contributed by atoms with Crippen molar-refractivity contribution in [1.82, 2.24) is 5.32 Å². The molecule has 2 heteroatoms. The van der Waals surface area contributed by atoms with Crippen LogP contribution in [0.15, 0.2) is 60.2 Å². The molecule has 1 aliphatic carbocycles. The van der Waals surface area contributed by atoms with Gasteiger partial charge in [-0.2, -0.15) is 0 Å². The van der Waals surface area contributed by atoms with E-state index in [0.717, 1.165) is 5.82 Å². The van der Waals surface area contributed by atoms with Gasteiger partial charge in [0.1, 0.15) is 5.82 Å². The molecule has 1 heterocycles. The van der Waals surface area contributed by atoms with Crippen LogP contribution in [0.4, 0.5) is 5.69 Å². The number of rotatable bonds is 1. The van der Waals surface area contributed by atoms with Crippen LogP contribution in [-0.2, 0) is 0 Å². The van der Waals surface area contributed by atoms with Gasteiger partial charge in [0.2, 0.25) is 0 Å². The van der Waals surface area contributed by atoms with Crippen LogP contribution in [0.1, 0.15) is 16.7 Å². The van der Waals surface area contributed by atoms with Crippen LogP contribution < -0.4 is 10.2 Å². The lowest BCUT2D eigenvalue weighted by molar-refractivity contribution is 1.02. The Bertz CT molecular complexity index is 608. The Morgan fingerprint density at radius 2 is 1.58 bits per heavy atom. The minimum Gasteiger partial charge on any atom is -0.346 e. The zero-order valence-corrected chi connectivity index (χ0v) is 11.6. The van der Waals surface area contributed by atoms with Gasteiger partial charge in [-0.1, -0.05) is 42.0 Å². The number of allylic oxidation sites excluding steroid dienone is 5. The van der Waals surface area contributed by atoms with Gasteiger partial charge in [0, 0.05) is 18.0 Å². The average molecular weight is 250 g/mol. The Labute approximate surface area is 114 Å². The summed E-state index contributed by atoms with van der Waals surface area (Å²) in [7, 11) is 0. The zero-order valence-electron chi connectivity index (χ0n) is 11.6. The Morgan fingerprint density at radius 1 is 0.947 bits per heavy atom. The molecule has 19 heavy (non-hydrogen) atoms. The van der Waals surface area contributed by atoms with Crippen molar-refractivity contribution >= 4 is 5.69 Å². The molecule has 96 valence electrons. The van der Waals surface area contributed by atoms with Gasteiger partial charge >= 0.3 is 0 Å². The smallest absolute Gasteiger partial charge is 0.122 e. The van der Waals surface area contributed by atoms with Gasteiger partial charge in [-0.25, -0.2) is 0 Å². The van der Waals surface area contributed by atoms with Crippen LogP contribution in [0, 0.1) is 20.8 Å². The molecule has 0 atom stereocenters. The van der Waals surface area contributed by atoms with Gasteiger partial charge in [0.25, 0.3) is 0 Å². The maximum absolute atomic E-state index is 3.34. The van der Waals surface area contributed by atoms with Gasteiger partial charge < -0.3 is 10.2 Å². The van der Waals surface area contributed by atoms with Crippen LogP contribution >= 0.6 is 0 Å². The molecule has 0 saturated carbocycles. The zero-order chi connectivity index (χ0) is 13.4. The number of hydrogen-bond acceptors (Lipinski definition) is 2. The Kier molecular flexibility index (Phi) is 2.79. The van der Waals surface area contributed by atoms with E-state index in [1.54, 1.807) is 0 Å². The van der Waals surface area contributed by atoms with Crippen LogP contribution in [0.3, 0.4) is 0 Å². The normalized spacial score (nSPS) is 16.7. The molecule has 0 radical (unpaired) electrons. The molecule has 0 unspecified atom stereocenters. The van der Waals surface area contributed by atoms with Crippen LogP contribution in [0.5, 0.6) is 0 Å². The molecule has 0 spiro atoms. The second-order valence-electron chi connectivity index (χ2n) is 5.10. The number of benzene rings is 1. The largest absolute Gasteiger partial charge is 0.346 e. The lowest BCUT2D eigenvalue weighted by atomic mass is 10.0. The third-order valence-corrected chi connectivity index (χ3v) is 3.50. The quantitative estimate of drug-likeness (QED) is 0.815. The predicted octanol–water partition coefficient (Wildman–Crippen LogP) is 3.83. The molecule has 0 bridgehead atoms. The summed E-state index contributed by atoms with van der Waals surface area (Å²) in [6.45, 7) is 6.48. The topological polar surface area (TPSA) is 15.3 Å². The highest BCUT2D eigenvalue weighted by Gasteiger charge is 2.20. The van der Waals surface area contributed by atoms with E-state index >= 15 is 0 Å². The van der Waals surface area contributed by atoms with E-state index in [1.807, 2.05) is 6.20 Å². The van der Waals surface area contributed by atoms with Crippen molar-refractivity contribution in [2.24, 2.45) is 0 Å². The predicted molar refractivity (Wildman–Crippen MR) is 80.7 cm³/mol. The van der Waals surface area contributed by atoms with Crippen molar-refractivity contribution in [3.63, 3.8) is 0 Å². The van der Waals surface area contributed by atoms with Crippen molar-refractivity contribution in [2.75, 3.05) is 4.90 Å². The molecule has 2 aliphatic rings. The fourth-order valence-electron chi connectivity index (χ4n) is 2.83. The van der Waals surface area contributed by atoms with Gasteiger partial charge in [-0.3, -0.25) is 0 Å². The summed E-state index contributed by atoms with van der Waals surface area (Å²) in [6, 6.07) is 4.47. The Balaban J connectivity index is 2.12. The number of anilines is 1. The molecule has 1 N–H and O–H groups in total. The second kappa shape index (κ2) is 4.47. The summed E-state index contributed by atoms with van der Waals surface area (Å²) in [5.74, 6) is 1.13. The summed E-state index contributed by atoms with van der Waals surface area (Å²) in [5, 5.41) is 3.34. The number of nitrogens with one attached hydrogen (secondary N) is 1. The Morgan fingerprint density at radius 3 is 2.21 bits per heavy atom. The molecule has 1 aromatic carbocycles. The highest BCUT2D eigenvalue weighted by molar-refractivity contribution is 5.68. The minimum atomic E-state index is 1.13. The van der Waals surface area contributed by atoms with Crippen molar-refractivity contribution in [1.29, 1.82) is 0 Å². The van der Waals surface area contributed by atoms with Gasteiger partial charge in [-0.15, -0.1) is 0 Å². The first kappa shape index (κ1) is 11.8. The average Bonchev–Trinajstić information content (AvgIpc) is 2.96. The van der Waals surface area contributed by atoms with Gasteiger partial charge in [0.15, 0.2) is 0 Å². The first-order valence-corrected chi connectivity index (χ1v) is 6.56. The summed E-state index contributed by atoms with van der Waals surface area (Å²) in [4.78, 5) is 2.24. The van der Waals surface area contributed by atoms with E-state index in [9.17, 15) is 0 Å². The molecule has 0 aromatic heterocycles. The molecule has 0 amide bonds. The molecule has 0 fully saturated rings. The van der Waals surface area contributed by atoms with Crippen LogP contribution in [0.25, 0.3) is 0 Å². The summed E-state index contributed by atoms with van der Waals surface area (Å²) < 4.78 is 0. The van der Waals surface area contributed by atoms with Crippen molar-refractivity contribution in [3.8, 4) is 0 Å². The third-order valence-electron chi connectivity index (χ3n) is 3.50. The molecule has 1 aliphatic heterocycles. The van der Waals surface area contributed by atoms with E-state index < -0.39 is 0 Å². The van der Waals surface area contributed by atoms with E-state index in [-0.39, 0.29) is 0 Å². The number of hydrogen-bond donors (Lipinski definition) is 1. The standard InChI is InChI=1S/C17H18N2/c1-12-10-13(2)16(14(3)11-12)19-9-8-18-17(19)15-6-4-5-7-15/h4-11,18H,1-3H3. The lowest BCUT2D eigenvalue weighted by Gasteiger charge is -2.24. The van der Waals surface area contributed by atoms with Gasteiger partial charge in [0.05, 0.1) is 5.69 Å². The summed E-state index contributed by atoms with van der Waals surface area (Å²) in [6.07, 6.45) is 12.5. The highest BCUT2D eigenvalue weighted by atomic mass is 15.3. The highest BCUT2D eigenvalue weighted by Crippen LogP contribution is 2.32. The maximum Gasteiger partial charge on any atom is 0.122 e. The van der Waals surface area contributed by atoms with Crippen LogP contribution in [-0.4, -0.2) is 0 Å². The van der Waals surface area contributed by atoms with Crippen molar-refractivity contribution in [3.05, 3.63) is 76.9 Å². The van der Waals surface area contributed by atoms with Crippen molar-refractivity contribution < 1.29 is 0 Å². The first-order valence-electron chi connectivity index (χ1n) is 6.56. The molecule has 1 aromatic rings. The minimum absolute atomic E-state index is 1.13. The summed E-state index contributed by atoms with van der Waals surface area (Å²) >= 11 is 0. The fourth-order valence-corrected chi connectivity index (χ4v) is 2.83. The summed E-state index contributed by atoms with van der Waals surface area (Å²) in [5.41, 5.74) is 6.39. The number of aryl methyl sites for hydroxylation is 3. The van der Waals surface area contributed by atoms with E-state index in [0.29, 0.717) is 0 Å². The fraction of sp³-hybridized carbons (Fsp3) is 0.176. The SMILES string of the molecule is Cc1cc(C)c(N2C=CNC2=C2C=CC=C2)c(C)c1.